The molecule has 0 amide bonds. The molecule has 26 heavy (non-hydrogen) atoms. The Morgan fingerprint density at radius 1 is 1.38 bits per heavy atom. The predicted molar refractivity (Wildman–Crippen MR) is 92.2 cm³/mol. The van der Waals surface area contributed by atoms with Crippen LogP contribution in [0.15, 0.2) is 16.6 Å². The van der Waals surface area contributed by atoms with Crippen LogP contribution in [-0.4, -0.2) is 70.1 Å². The molecule has 0 spiro atoms. The van der Waals surface area contributed by atoms with Gasteiger partial charge in [0.15, 0.2) is 5.96 Å². The van der Waals surface area contributed by atoms with E-state index in [2.05, 4.69) is 21.7 Å². The Hall–Kier alpha value is -1.33. The number of aliphatic imine (C=N–C) groups is 1. The molecule has 2 N–H and O–H groups in total. The highest BCUT2D eigenvalue weighted by atomic mass is 32.2. The number of ether oxygens (including phenoxy) is 1. The number of guanidine groups is 1. The normalized spacial score (nSPS) is 21.4. The average Bonchev–Trinajstić information content (AvgIpc) is 2.61. The van der Waals surface area contributed by atoms with Crippen LogP contribution in [0, 0.1) is 0 Å². The van der Waals surface area contributed by atoms with E-state index in [0.29, 0.717) is 36.3 Å². The van der Waals surface area contributed by atoms with Gasteiger partial charge in [-0.15, -0.1) is 0 Å². The second kappa shape index (κ2) is 9.05. The molecule has 0 aromatic rings. The Morgan fingerprint density at radius 3 is 2.62 bits per heavy atom. The fraction of sp³-hybridized carbons (Fsp3) is 0.800. The van der Waals surface area contributed by atoms with Crippen molar-refractivity contribution in [3.05, 3.63) is 11.6 Å². The third-order valence-electron chi connectivity index (χ3n) is 4.45. The quantitative estimate of drug-likeness (QED) is 0.413. The van der Waals surface area contributed by atoms with Gasteiger partial charge in [0.1, 0.15) is 0 Å². The Bertz CT molecular complexity index is 627. The topological polar surface area (TPSA) is 83.0 Å². The van der Waals surface area contributed by atoms with E-state index in [4.69, 9.17) is 4.74 Å². The second-order valence-corrected chi connectivity index (χ2v) is 8.13. The van der Waals surface area contributed by atoms with Crippen LogP contribution < -0.4 is 10.6 Å². The Morgan fingerprint density at radius 2 is 2.08 bits per heavy atom. The molecule has 2 heterocycles. The van der Waals surface area contributed by atoms with Crippen LogP contribution in [0.3, 0.4) is 0 Å². The SMILES string of the molecule is CN=C(NCCC1=CCOCC1)NC1CCN(S(=O)(=O)C(F)(F)F)CC1. The Labute approximate surface area is 151 Å². The minimum absolute atomic E-state index is 0.122. The maximum absolute atomic E-state index is 12.6. The van der Waals surface area contributed by atoms with Gasteiger partial charge in [0.2, 0.25) is 0 Å². The summed E-state index contributed by atoms with van der Waals surface area (Å²) in [5, 5.41) is 6.32. The molecule has 1 saturated heterocycles. The van der Waals surface area contributed by atoms with Gasteiger partial charge >= 0.3 is 15.5 Å². The van der Waals surface area contributed by atoms with Crippen LogP contribution in [0.2, 0.25) is 0 Å². The van der Waals surface area contributed by atoms with Crippen molar-refractivity contribution in [3.63, 3.8) is 0 Å². The summed E-state index contributed by atoms with van der Waals surface area (Å²) in [6, 6.07) is -0.122. The molecule has 7 nitrogen and oxygen atoms in total. The van der Waals surface area contributed by atoms with Crippen LogP contribution in [-0.2, 0) is 14.8 Å². The van der Waals surface area contributed by atoms with Gasteiger partial charge in [0, 0.05) is 32.7 Å². The summed E-state index contributed by atoms with van der Waals surface area (Å²) >= 11 is 0. The molecule has 150 valence electrons. The first-order valence-corrected chi connectivity index (χ1v) is 9.97. The first-order chi connectivity index (χ1) is 12.2. The van der Waals surface area contributed by atoms with Crippen molar-refractivity contribution in [2.24, 2.45) is 4.99 Å². The number of alkyl halides is 3. The minimum Gasteiger partial charge on any atom is -0.377 e. The van der Waals surface area contributed by atoms with Crippen molar-refractivity contribution in [1.82, 2.24) is 14.9 Å². The summed E-state index contributed by atoms with van der Waals surface area (Å²) in [6.07, 6.45) is 4.43. The van der Waals surface area contributed by atoms with Crippen molar-refractivity contribution in [2.75, 3.05) is 39.9 Å². The van der Waals surface area contributed by atoms with Gasteiger partial charge in [-0.2, -0.15) is 17.5 Å². The Balaban J connectivity index is 1.75. The second-order valence-electron chi connectivity index (χ2n) is 6.20. The molecule has 0 aromatic heterocycles. The van der Waals surface area contributed by atoms with Gasteiger partial charge in [-0.1, -0.05) is 11.6 Å². The summed E-state index contributed by atoms with van der Waals surface area (Å²) in [7, 11) is -3.62. The van der Waals surface area contributed by atoms with E-state index in [-0.39, 0.29) is 19.1 Å². The lowest BCUT2D eigenvalue weighted by Crippen LogP contribution is -2.51. The molecule has 0 unspecified atom stereocenters. The summed E-state index contributed by atoms with van der Waals surface area (Å²) in [6.45, 7) is 1.74. The maximum Gasteiger partial charge on any atom is 0.511 e. The molecule has 0 radical (unpaired) electrons. The summed E-state index contributed by atoms with van der Waals surface area (Å²) in [5.41, 5.74) is -3.92. The van der Waals surface area contributed by atoms with Crippen molar-refractivity contribution >= 4 is 16.0 Å². The van der Waals surface area contributed by atoms with Crippen LogP contribution in [0.25, 0.3) is 0 Å². The van der Waals surface area contributed by atoms with E-state index in [9.17, 15) is 21.6 Å². The molecule has 0 bridgehead atoms. The molecule has 11 heteroatoms. The summed E-state index contributed by atoms with van der Waals surface area (Å²) in [5.74, 6) is 0.565. The van der Waals surface area contributed by atoms with E-state index in [1.807, 2.05) is 0 Å². The molecular weight excluding hydrogens is 373 g/mol. The van der Waals surface area contributed by atoms with Gasteiger partial charge in [-0.3, -0.25) is 4.99 Å². The highest BCUT2D eigenvalue weighted by Crippen LogP contribution is 2.28. The lowest BCUT2D eigenvalue weighted by molar-refractivity contribution is -0.0494. The van der Waals surface area contributed by atoms with E-state index in [0.717, 1.165) is 19.4 Å². The standard InChI is InChI=1S/C15H25F3N4O3S/c1-19-14(20-7-2-12-5-10-25-11-6-12)21-13-3-8-22(9-4-13)26(23,24)15(16,17)18/h5,13H,2-4,6-11H2,1H3,(H2,19,20,21). The van der Waals surface area contributed by atoms with Crippen molar-refractivity contribution < 1.29 is 26.3 Å². The highest BCUT2D eigenvalue weighted by Gasteiger charge is 2.50. The molecule has 2 aliphatic rings. The number of nitrogens with one attached hydrogen (secondary N) is 2. The summed E-state index contributed by atoms with van der Waals surface area (Å²) < 4.78 is 66.3. The maximum atomic E-state index is 12.6. The van der Waals surface area contributed by atoms with Gasteiger partial charge in [-0.25, -0.2) is 8.42 Å². The van der Waals surface area contributed by atoms with E-state index < -0.39 is 15.5 Å². The lowest BCUT2D eigenvalue weighted by Gasteiger charge is -2.32. The average molecular weight is 398 g/mol. The number of nitrogens with zero attached hydrogens (tertiary/aromatic N) is 2. The van der Waals surface area contributed by atoms with Gasteiger partial charge in [0.05, 0.1) is 13.2 Å². The zero-order valence-corrected chi connectivity index (χ0v) is 15.5. The third-order valence-corrected chi connectivity index (χ3v) is 6.08. The summed E-state index contributed by atoms with van der Waals surface area (Å²) in [4.78, 5) is 4.11. The van der Waals surface area contributed by atoms with Gasteiger partial charge < -0.3 is 15.4 Å². The first-order valence-electron chi connectivity index (χ1n) is 8.53. The third kappa shape index (κ3) is 5.58. The number of rotatable bonds is 5. The number of hydrogen-bond donors (Lipinski definition) is 2. The van der Waals surface area contributed by atoms with Crippen molar-refractivity contribution in [3.8, 4) is 0 Å². The zero-order chi connectivity index (χ0) is 19.2. The van der Waals surface area contributed by atoms with Crippen LogP contribution in [0.1, 0.15) is 25.7 Å². The van der Waals surface area contributed by atoms with Crippen molar-refractivity contribution in [1.29, 1.82) is 0 Å². The minimum atomic E-state index is -5.25. The fourth-order valence-electron chi connectivity index (χ4n) is 2.91. The van der Waals surface area contributed by atoms with Crippen LogP contribution in [0.4, 0.5) is 13.2 Å². The van der Waals surface area contributed by atoms with Crippen LogP contribution in [0.5, 0.6) is 0 Å². The largest absolute Gasteiger partial charge is 0.511 e. The predicted octanol–water partition coefficient (Wildman–Crippen LogP) is 1.20. The first kappa shape index (κ1) is 21.0. The van der Waals surface area contributed by atoms with E-state index >= 15 is 0 Å². The monoisotopic (exact) mass is 398 g/mol. The van der Waals surface area contributed by atoms with Crippen molar-refractivity contribution in [2.45, 2.75) is 37.2 Å². The number of sulfonamides is 1. The lowest BCUT2D eigenvalue weighted by atomic mass is 10.1. The molecular formula is C15H25F3N4O3S. The molecule has 0 aromatic carbocycles. The van der Waals surface area contributed by atoms with E-state index in [1.54, 1.807) is 7.05 Å². The van der Waals surface area contributed by atoms with Gasteiger partial charge in [-0.05, 0) is 25.7 Å². The number of halogens is 3. The van der Waals surface area contributed by atoms with E-state index in [1.165, 1.54) is 5.57 Å². The molecule has 2 aliphatic heterocycles. The van der Waals surface area contributed by atoms with Gasteiger partial charge in [0.25, 0.3) is 0 Å². The molecule has 2 rings (SSSR count). The molecule has 0 atom stereocenters. The number of piperidine rings is 1. The smallest absolute Gasteiger partial charge is 0.377 e. The molecule has 0 aliphatic carbocycles. The number of hydrogen-bond acceptors (Lipinski definition) is 4. The molecule has 1 fully saturated rings. The molecule has 0 saturated carbocycles. The Kier molecular flexibility index (Phi) is 7.30. The van der Waals surface area contributed by atoms with Crippen LogP contribution >= 0.6 is 0 Å². The highest BCUT2D eigenvalue weighted by molar-refractivity contribution is 7.90. The fourth-order valence-corrected chi connectivity index (χ4v) is 3.89. The zero-order valence-electron chi connectivity index (χ0n) is 14.7.